The summed E-state index contributed by atoms with van der Waals surface area (Å²) >= 11 is 1.58. The van der Waals surface area contributed by atoms with Gasteiger partial charge in [0.25, 0.3) is 0 Å². The molecular weight excluding hydrogens is 194 g/mol. The molecule has 0 fully saturated rings. The number of hydrogen-bond acceptors (Lipinski definition) is 3. The first-order valence-corrected chi connectivity index (χ1v) is 5.31. The molecule has 0 N–H and O–H groups in total. The molecule has 72 valence electrons. The predicted molar refractivity (Wildman–Crippen MR) is 56.1 cm³/mol. The molecule has 0 radical (unpaired) electrons. The number of hydrogen-bond donors (Lipinski definition) is 0. The molecule has 1 aromatic rings. The third kappa shape index (κ3) is 1.15. The van der Waals surface area contributed by atoms with Crippen LogP contribution in [0.1, 0.15) is 12.5 Å². The summed E-state index contributed by atoms with van der Waals surface area (Å²) in [4.78, 5) is 1.16. The first-order chi connectivity index (χ1) is 6.72. The zero-order valence-corrected chi connectivity index (χ0v) is 8.97. The molecule has 0 aromatic heterocycles. The smallest absolute Gasteiger partial charge is 0.129 e. The van der Waals surface area contributed by atoms with Gasteiger partial charge in [-0.2, -0.15) is 5.26 Å². The fraction of sp³-hybridized carbons (Fsp3) is 0.364. The highest BCUT2D eigenvalue weighted by Gasteiger charge is 2.44. The number of benzene rings is 1. The monoisotopic (exact) mass is 205 g/mol. The zero-order valence-electron chi connectivity index (χ0n) is 8.15. The van der Waals surface area contributed by atoms with E-state index >= 15 is 0 Å². The molecule has 14 heavy (non-hydrogen) atoms. The molecule has 0 spiro atoms. The van der Waals surface area contributed by atoms with Crippen LogP contribution in [0, 0.1) is 11.3 Å². The van der Waals surface area contributed by atoms with Crippen molar-refractivity contribution < 1.29 is 4.74 Å². The van der Waals surface area contributed by atoms with Gasteiger partial charge in [0.1, 0.15) is 10.9 Å². The van der Waals surface area contributed by atoms with E-state index in [0.717, 1.165) is 10.5 Å². The minimum atomic E-state index is -0.462. The highest BCUT2D eigenvalue weighted by Crippen LogP contribution is 2.49. The normalized spacial score (nSPS) is 29.6. The number of rotatable bonds is 1. The molecule has 0 bridgehead atoms. The second kappa shape index (κ2) is 3.30. The standard InChI is InChI=1S/C11H11NOS/c1-11(13-2)8-5-3-4-6-9(8)14-10(11)7-12/h3-6,10H,1-2H3. The molecule has 2 nitrogen and oxygen atoms in total. The Hall–Kier alpha value is -0.980. The minimum absolute atomic E-state index is 0.148. The second-order valence-electron chi connectivity index (χ2n) is 3.43. The molecule has 0 aliphatic carbocycles. The van der Waals surface area contributed by atoms with Gasteiger partial charge in [0, 0.05) is 12.0 Å². The number of nitrogens with zero attached hydrogens (tertiary/aromatic N) is 1. The van der Waals surface area contributed by atoms with Crippen LogP contribution in [-0.2, 0) is 10.3 Å². The lowest BCUT2D eigenvalue weighted by molar-refractivity contribution is 0.0120. The number of nitriles is 1. The van der Waals surface area contributed by atoms with Gasteiger partial charge in [-0.15, -0.1) is 11.8 Å². The van der Waals surface area contributed by atoms with Gasteiger partial charge in [0.05, 0.1) is 6.07 Å². The van der Waals surface area contributed by atoms with Crippen molar-refractivity contribution in [3.05, 3.63) is 29.8 Å². The van der Waals surface area contributed by atoms with Gasteiger partial charge in [-0.3, -0.25) is 0 Å². The molecule has 1 aromatic carbocycles. The van der Waals surface area contributed by atoms with Crippen LogP contribution in [-0.4, -0.2) is 12.4 Å². The van der Waals surface area contributed by atoms with Crippen molar-refractivity contribution in [2.45, 2.75) is 22.7 Å². The Morgan fingerprint density at radius 3 is 2.86 bits per heavy atom. The first kappa shape index (κ1) is 9.57. The maximum absolute atomic E-state index is 9.05. The SMILES string of the molecule is COC1(C)c2ccccc2SC1C#N. The quantitative estimate of drug-likeness (QED) is 0.706. The Bertz CT molecular complexity index is 399. The number of thioether (sulfide) groups is 1. The summed E-state index contributed by atoms with van der Waals surface area (Å²) in [5, 5.41) is 8.91. The maximum atomic E-state index is 9.05. The third-order valence-corrected chi connectivity index (χ3v) is 4.11. The van der Waals surface area contributed by atoms with Crippen molar-refractivity contribution in [2.24, 2.45) is 0 Å². The molecule has 2 unspecified atom stereocenters. The van der Waals surface area contributed by atoms with Gasteiger partial charge in [-0.05, 0) is 18.6 Å². The van der Waals surface area contributed by atoms with Crippen LogP contribution in [0.15, 0.2) is 29.2 Å². The summed E-state index contributed by atoms with van der Waals surface area (Å²) in [6, 6.07) is 10.3. The molecule has 2 rings (SSSR count). The van der Waals surface area contributed by atoms with Crippen LogP contribution in [0.3, 0.4) is 0 Å². The van der Waals surface area contributed by atoms with Crippen molar-refractivity contribution in [1.82, 2.24) is 0 Å². The number of methoxy groups -OCH3 is 1. The van der Waals surface area contributed by atoms with Gasteiger partial charge in [-0.1, -0.05) is 18.2 Å². The molecule has 3 heteroatoms. The second-order valence-corrected chi connectivity index (χ2v) is 4.58. The fourth-order valence-corrected chi connectivity index (χ4v) is 3.04. The molecule has 0 amide bonds. The number of ether oxygens (including phenoxy) is 1. The molecule has 2 atom stereocenters. The van der Waals surface area contributed by atoms with E-state index in [0.29, 0.717) is 0 Å². The molecule has 1 aliphatic rings. The molecular formula is C11H11NOS. The Morgan fingerprint density at radius 2 is 2.21 bits per heavy atom. The summed E-state index contributed by atoms with van der Waals surface area (Å²) in [6.07, 6.45) is 0. The van der Waals surface area contributed by atoms with Crippen LogP contribution in [0.2, 0.25) is 0 Å². The van der Waals surface area contributed by atoms with E-state index in [1.54, 1.807) is 18.9 Å². The largest absolute Gasteiger partial charge is 0.371 e. The summed E-state index contributed by atoms with van der Waals surface area (Å²) in [7, 11) is 1.66. The molecule has 1 aliphatic heterocycles. The van der Waals surface area contributed by atoms with Crippen molar-refractivity contribution in [3.8, 4) is 6.07 Å². The average Bonchev–Trinajstić information content (AvgIpc) is 2.53. The summed E-state index contributed by atoms with van der Waals surface area (Å²) in [5.41, 5.74) is 0.662. The Morgan fingerprint density at radius 1 is 1.50 bits per heavy atom. The van der Waals surface area contributed by atoms with Crippen LogP contribution < -0.4 is 0 Å². The summed E-state index contributed by atoms with van der Waals surface area (Å²) in [5.74, 6) is 0. The Labute approximate surface area is 87.9 Å². The highest BCUT2D eigenvalue weighted by atomic mass is 32.2. The van der Waals surface area contributed by atoms with Gasteiger partial charge >= 0.3 is 0 Å². The van der Waals surface area contributed by atoms with Gasteiger partial charge in [0.15, 0.2) is 0 Å². The van der Waals surface area contributed by atoms with E-state index in [1.165, 1.54) is 0 Å². The van der Waals surface area contributed by atoms with E-state index in [-0.39, 0.29) is 5.25 Å². The van der Waals surface area contributed by atoms with E-state index in [9.17, 15) is 0 Å². The first-order valence-electron chi connectivity index (χ1n) is 4.43. The number of fused-ring (bicyclic) bond motifs is 1. The van der Waals surface area contributed by atoms with E-state index < -0.39 is 5.60 Å². The van der Waals surface area contributed by atoms with Gasteiger partial charge < -0.3 is 4.74 Å². The van der Waals surface area contributed by atoms with Crippen LogP contribution in [0.5, 0.6) is 0 Å². The highest BCUT2D eigenvalue weighted by molar-refractivity contribution is 8.00. The van der Waals surface area contributed by atoms with Crippen LogP contribution in [0.4, 0.5) is 0 Å². The average molecular weight is 205 g/mol. The fourth-order valence-electron chi connectivity index (χ4n) is 1.73. The zero-order chi connectivity index (χ0) is 10.2. The maximum Gasteiger partial charge on any atom is 0.129 e. The van der Waals surface area contributed by atoms with Crippen molar-refractivity contribution >= 4 is 11.8 Å². The third-order valence-electron chi connectivity index (χ3n) is 2.71. The predicted octanol–water partition coefficient (Wildman–Crippen LogP) is 2.55. The van der Waals surface area contributed by atoms with Gasteiger partial charge in [0.2, 0.25) is 0 Å². The topological polar surface area (TPSA) is 33.0 Å². The van der Waals surface area contributed by atoms with Crippen molar-refractivity contribution in [1.29, 1.82) is 5.26 Å². The van der Waals surface area contributed by atoms with E-state index in [4.69, 9.17) is 10.00 Å². The molecule has 0 saturated carbocycles. The minimum Gasteiger partial charge on any atom is -0.371 e. The lowest BCUT2D eigenvalue weighted by Crippen LogP contribution is -2.31. The van der Waals surface area contributed by atoms with Crippen LogP contribution >= 0.6 is 11.8 Å². The summed E-state index contributed by atoms with van der Waals surface area (Å²) in [6.45, 7) is 1.97. The Balaban J connectivity index is 2.54. The van der Waals surface area contributed by atoms with Crippen molar-refractivity contribution in [3.63, 3.8) is 0 Å². The molecule has 0 saturated heterocycles. The Kier molecular flexibility index (Phi) is 2.26. The van der Waals surface area contributed by atoms with Crippen LogP contribution in [0.25, 0.3) is 0 Å². The lowest BCUT2D eigenvalue weighted by Gasteiger charge is -2.25. The van der Waals surface area contributed by atoms with Gasteiger partial charge in [-0.25, -0.2) is 0 Å². The van der Waals surface area contributed by atoms with Crippen molar-refractivity contribution in [2.75, 3.05) is 7.11 Å². The lowest BCUT2D eigenvalue weighted by atomic mass is 9.93. The molecule has 1 heterocycles. The van der Waals surface area contributed by atoms with E-state index in [1.807, 2.05) is 31.2 Å². The summed E-state index contributed by atoms with van der Waals surface area (Å²) < 4.78 is 5.49. The van der Waals surface area contributed by atoms with E-state index in [2.05, 4.69) is 6.07 Å².